The zero-order valence-electron chi connectivity index (χ0n) is 36.5. The number of nitro groups is 1. The highest BCUT2D eigenvalue weighted by Gasteiger charge is 2.37. The molecule has 65 heavy (non-hydrogen) atoms. The zero-order valence-corrected chi connectivity index (χ0v) is 37.3. The number of amides is 1. The highest BCUT2D eigenvalue weighted by atomic mass is 32.2. The van der Waals surface area contributed by atoms with Gasteiger partial charge in [-0.05, 0) is 166 Å². The van der Waals surface area contributed by atoms with Gasteiger partial charge in [-0.2, -0.15) is 0 Å². The lowest BCUT2D eigenvalue weighted by atomic mass is 9.80. The Kier molecular flexibility index (Phi) is 11.4. The second kappa shape index (κ2) is 17.4. The number of aryl methyl sites for hydroxylation is 1. The SMILES string of the molecule is C[C@]1(O)CC[C@H](CNc2ccc(S(=O)(=O)NC(=O)c3ccc(-c4ccc5c(c4)CCC(N4CCC[C@H]4c4ccccc4C4CC4)C5)cc3Oc3cnc4[nH]ccc4c3)cc2[N+](=O)[O-])CC1. The lowest BCUT2D eigenvalue weighted by molar-refractivity contribution is -0.384. The number of aromatic amines is 1. The first-order chi connectivity index (χ1) is 31.4. The van der Waals surface area contributed by atoms with Crippen molar-refractivity contribution in [3.8, 4) is 22.6 Å². The smallest absolute Gasteiger partial charge is 0.293 e. The number of rotatable bonds is 13. The monoisotopic (exact) mass is 894 g/mol. The first-order valence-electron chi connectivity index (χ1n) is 22.9. The van der Waals surface area contributed by atoms with Crippen LogP contribution in [0.2, 0.25) is 0 Å². The number of fused-ring (bicyclic) bond motifs is 2. The largest absolute Gasteiger partial charge is 0.455 e. The Hall–Kier alpha value is -6.09. The Morgan fingerprint density at radius 2 is 1.72 bits per heavy atom. The number of likely N-dealkylation sites (tertiary alicyclic amines) is 1. The fourth-order valence-corrected chi connectivity index (χ4v) is 11.4. The van der Waals surface area contributed by atoms with Crippen LogP contribution in [0.25, 0.3) is 22.2 Å². The van der Waals surface area contributed by atoms with Crippen LogP contribution in [0.5, 0.6) is 11.5 Å². The molecule has 0 radical (unpaired) electrons. The fourth-order valence-electron chi connectivity index (χ4n) is 10.4. The van der Waals surface area contributed by atoms with E-state index in [1.54, 1.807) is 36.0 Å². The summed E-state index contributed by atoms with van der Waals surface area (Å²) < 4.78 is 36.0. The Morgan fingerprint density at radius 3 is 2.52 bits per heavy atom. The molecular formula is C51H54N6O7S. The van der Waals surface area contributed by atoms with Gasteiger partial charge in [0.2, 0.25) is 0 Å². The third kappa shape index (κ3) is 9.12. The molecule has 4 aliphatic rings. The minimum absolute atomic E-state index is 0.0463. The molecule has 14 heteroatoms. The van der Waals surface area contributed by atoms with Crippen molar-refractivity contribution in [2.45, 2.75) is 106 Å². The molecule has 2 saturated carbocycles. The van der Waals surface area contributed by atoms with Crippen molar-refractivity contribution in [2.75, 3.05) is 18.4 Å². The van der Waals surface area contributed by atoms with Crippen molar-refractivity contribution >= 4 is 38.3 Å². The Labute approximate surface area is 378 Å². The summed E-state index contributed by atoms with van der Waals surface area (Å²) in [5.74, 6) is 0.425. The van der Waals surface area contributed by atoms with Crippen LogP contribution in [-0.2, 0) is 22.9 Å². The molecule has 6 aromatic rings. The summed E-state index contributed by atoms with van der Waals surface area (Å²) >= 11 is 0. The van der Waals surface area contributed by atoms with Gasteiger partial charge >= 0.3 is 0 Å². The summed E-state index contributed by atoms with van der Waals surface area (Å²) in [6, 6.07) is 28.8. The highest BCUT2D eigenvalue weighted by molar-refractivity contribution is 7.90. The number of ether oxygens (including phenoxy) is 1. The molecule has 3 aliphatic carbocycles. The van der Waals surface area contributed by atoms with Gasteiger partial charge in [0.05, 0.1) is 27.2 Å². The molecule has 2 aromatic heterocycles. The van der Waals surface area contributed by atoms with Crippen LogP contribution in [-0.4, -0.2) is 64.0 Å². The van der Waals surface area contributed by atoms with Crippen molar-refractivity contribution in [1.29, 1.82) is 0 Å². The van der Waals surface area contributed by atoms with E-state index in [1.807, 2.05) is 13.0 Å². The standard InChI is InChI=1S/C51H54N6O7S/c1-51(59)21-18-32(19-22-51)30-53-45-17-15-41(29-47(45)57(60)61)65(62,63)55-50(58)44-16-13-37(28-48(44)64-40-27-38-20-23-52-49(38)54-31-40)34-10-11-36-26-39(14-12-35(36)25-34)56-24-4-7-46(56)43-6-3-2-5-42(43)33-8-9-33/h2-3,5-6,10-11,13,15-17,20,23,25,27-29,31-33,39,46,53,59H,4,7-9,12,14,18-19,21-22,24,26,30H2,1H3,(H,52,54)(H,55,58)/t32-,39?,46-,51-/m0/s1. The van der Waals surface area contributed by atoms with E-state index in [0.29, 0.717) is 42.9 Å². The number of aromatic nitrogens is 2. The van der Waals surface area contributed by atoms with Gasteiger partial charge in [-0.1, -0.05) is 48.5 Å². The number of nitrogens with one attached hydrogen (secondary N) is 3. The number of carbonyl (C=O) groups excluding carboxylic acids is 1. The Morgan fingerprint density at radius 1 is 0.938 bits per heavy atom. The maximum absolute atomic E-state index is 14.0. The van der Waals surface area contributed by atoms with E-state index in [1.165, 1.54) is 60.7 Å². The summed E-state index contributed by atoms with van der Waals surface area (Å²) in [5, 5.41) is 26.4. The van der Waals surface area contributed by atoms with Gasteiger partial charge in [-0.25, -0.2) is 18.1 Å². The van der Waals surface area contributed by atoms with Crippen LogP contribution < -0.4 is 14.8 Å². The van der Waals surface area contributed by atoms with Crippen LogP contribution in [0.4, 0.5) is 11.4 Å². The van der Waals surface area contributed by atoms with Crippen molar-refractivity contribution in [3.63, 3.8) is 0 Å². The van der Waals surface area contributed by atoms with E-state index in [-0.39, 0.29) is 22.9 Å². The van der Waals surface area contributed by atoms with E-state index in [4.69, 9.17) is 4.74 Å². The number of H-pyrrole nitrogens is 1. The number of anilines is 1. The maximum Gasteiger partial charge on any atom is 0.293 e. The molecule has 336 valence electrons. The molecule has 3 fully saturated rings. The fraction of sp³-hybridized carbons (Fsp3) is 0.373. The minimum Gasteiger partial charge on any atom is -0.455 e. The first-order valence-corrected chi connectivity index (χ1v) is 24.4. The van der Waals surface area contributed by atoms with Gasteiger partial charge in [0, 0.05) is 36.3 Å². The third-order valence-electron chi connectivity index (χ3n) is 14.2. The predicted octanol–water partition coefficient (Wildman–Crippen LogP) is 9.97. The quantitative estimate of drug-likeness (QED) is 0.0644. The average molecular weight is 895 g/mol. The average Bonchev–Trinajstić information content (AvgIpc) is 3.84. The van der Waals surface area contributed by atoms with Crippen LogP contribution >= 0.6 is 0 Å². The van der Waals surface area contributed by atoms with Gasteiger partial charge in [0.1, 0.15) is 22.8 Å². The van der Waals surface area contributed by atoms with E-state index < -0.39 is 37.0 Å². The summed E-state index contributed by atoms with van der Waals surface area (Å²) in [7, 11) is -4.58. The molecule has 1 aliphatic heterocycles. The van der Waals surface area contributed by atoms with Crippen LogP contribution in [0.1, 0.15) is 109 Å². The topological polar surface area (TPSA) is 180 Å². The second-order valence-corrected chi connectivity index (χ2v) is 20.5. The van der Waals surface area contributed by atoms with E-state index in [2.05, 4.69) is 67.4 Å². The number of sulfonamides is 1. The number of nitro benzene ring substituents is 1. The van der Waals surface area contributed by atoms with Crippen molar-refractivity contribution < 1.29 is 28.0 Å². The Balaban J connectivity index is 0.888. The number of pyridine rings is 1. The van der Waals surface area contributed by atoms with Gasteiger partial charge in [0.15, 0.2) is 0 Å². The predicted molar refractivity (Wildman–Crippen MR) is 250 cm³/mol. The number of aliphatic hydroxyl groups is 1. The molecule has 13 nitrogen and oxygen atoms in total. The molecule has 3 heterocycles. The van der Waals surface area contributed by atoms with Crippen LogP contribution in [0, 0.1) is 16.0 Å². The van der Waals surface area contributed by atoms with E-state index in [9.17, 15) is 28.4 Å². The minimum atomic E-state index is -4.58. The molecule has 4 aromatic carbocycles. The molecule has 1 saturated heterocycles. The number of hydrogen-bond donors (Lipinski definition) is 4. The van der Waals surface area contributed by atoms with Crippen molar-refractivity contribution in [2.24, 2.45) is 5.92 Å². The second-order valence-electron chi connectivity index (χ2n) is 18.8. The molecular weight excluding hydrogens is 841 g/mol. The van der Waals surface area contributed by atoms with Crippen molar-refractivity contribution in [1.82, 2.24) is 19.6 Å². The normalized spacial score (nSPS) is 22.3. The first kappa shape index (κ1) is 42.8. The van der Waals surface area contributed by atoms with E-state index in [0.717, 1.165) is 67.1 Å². The third-order valence-corrected chi connectivity index (χ3v) is 15.5. The molecule has 0 bridgehead atoms. The lowest BCUT2D eigenvalue weighted by Gasteiger charge is -2.37. The molecule has 1 amide bonds. The number of benzene rings is 4. The van der Waals surface area contributed by atoms with Gasteiger partial charge < -0.3 is 20.1 Å². The van der Waals surface area contributed by atoms with Gasteiger partial charge in [-0.15, -0.1) is 0 Å². The van der Waals surface area contributed by atoms with Crippen molar-refractivity contribution in [3.05, 3.63) is 141 Å². The Bertz CT molecular complexity index is 2900. The number of hydrogen-bond acceptors (Lipinski definition) is 10. The highest BCUT2D eigenvalue weighted by Crippen LogP contribution is 2.47. The number of carbonyl (C=O) groups is 1. The maximum atomic E-state index is 14.0. The van der Waals surface area contributed by atoms with Gasteiger partial charge in [-0.3, -0.25) is 19.8 Å². The zero-order chi connectivity index (χ0) is 44.9. The molecule has 0 spiro atoms. The van der Waals surface area contributed by atoms with Gasteiger partial charge in [0.25, 0.3) is 21.6 Å². The molecule has 2 atom stereocenters. The summed E-state index contributed by atoms with van der Waals surface area (Å²) in [4.78, 5) is 35.4. The van der Waals surface area contributed by atoms with Crippen LogP contribution in [0.3, 0.4) is 0 Å². The number of nitrogens with zero attached hydrogens (tertiary/aromatic N) is 3. The summed E-state index contributed by atoms with van der Waals surface area (Å²) in [5.41, 5.74) is 7.09. The molecule has 10 rings (SSSR count). The molecule has 4 N–H and O–H groups in total. The van der Waals surface area contributed by atoms with Crippen LogP contribution in [0.15, 0.2) is 108 Å². The van der Waals surface area contributed by atoms with E-state index >= 15 is 0 Å². The summed E-state index contributed by atoms with van der Waals surface area (Å²) in [6.07, 6.45) is 14.1. The molecule has 1 unspecified atom stereocenters. The summed E-state index contributed by atoms with van der Waals surface area (Å²) in [6.45, 7) is 3.37. The lowest BCUT2D eigenvalue weighted by Crippen LogP contribution is -2.39.